The molecule has 0 unspecified atom stereocenters. The average molecular weight is 239 g/mol. The molecule has 1 N–H and O–H groups in total. The fourth-order valence-electron chi connectivity index (χ4n) is 1.58. The van der Waals surface area contributed by atoms with Crippen molar-refractivity contribution < 1.29 is 0 Å². The predicted molar refractivity (Wildman–Crippen MR) is 67.1 cm³/mol. The van der Waals surface area contributed by atoms with E-state index in [4.69, 9.17) is 0 Å². The number of fused-ring (bicyclic) bond motifs is 1. The molecule has 0 spiro atoms. The summed E-state index contributed by atoms with van der Waals surface area (Å²) in [6.07, 6.45) is 4.70. The molecule has 0 radical (unpaired) electrons. The summed E-state index contributed by atoms with van der Waals surface area (Å²) in [5.41, 5.74) is 3.19. The Kier molecular flexibility index (Phi) is 2.45. The summed E-state index contributed by atoms with van der Waals surface area (Å²) in [7, 11) is 0. The SMILES string of the molecule is O=c1ncccn1Nc1ncc2ccccc2n1. The molecular formula is C12H9N5O. The summed E-state index contributed by atoms with van der Waals surface area (Å²) in [5.74, 6) is 0.351. The van der Waals surface area contributed by atoms with Crippen LogP contribution in [0.25, 0.3) is 10.9 Å². The van der Waals surface area contributed by atoms with E-state index in [9.17, 15) is 4.79 Å². The summed E-state index contributed by atoms with van der Waals surface area (Å²) in [5, 5.41) is 0.946. The molecule has 0 amide bonds. The molecule has 6 heteroatoms. The van der Waals surface area contributed by atoms with Crippen molar-refractivity contribution in [3.8, 4) is 0 Å². The zero-order valence-corrected chi connectivity index (χ0v) is 9.32. The van der Waals surface area contributed by atoms with Crippen LogP contribution in [-0.2, 0) is 0 Å². The number of hydrogen-bond donors (Lipinski definition) is 1. The second-order valence-electron chi connectivity index (χ2n) is 3.64. The Hall–Kier alpha value is -2.76. The van der Waals surface area contributed by atoms with E-state index in [1.165, 1.54) is 10.9 Å². The minimum atomic E-state index is -0.408. The third-order valence-corrected chi connectivity index (χ3v) is 2.42. The lowest BCUT2D eigenvalue weighted by Gasteiger charge is -2.06. The van der Waals surface area contributed by atoms with Gasteiger partial charge in [-0.1, -0.05) is 18.2 Å². The number of rotatable bonds is 2. The Bertz CT molecular complexity index is 752. The maximum Gasteiger partial charge on any atom is 0.366 e. The van der Waals surface area contributed by atoms with Crippen LogP contribution in [0.5, 0.6) is 0 Å². The van der Waals surface area contributed by atoms with Crippen molar-refractivity contribution in [2.75, 3.05) is 5.43 Å². The van der Waals surface area contributed by atoms with E-state index in [2.05, 4.69) is 20.4 Å². The predicted octanol–water partition coefficient (Wildman–Crippen LogP) is 1.06. The van der Waals surface area contributed by atoms with E-state index in [-0.39, 0.29) is 0 Å². The van der Waals surface area contributed by atoms with Crippen molar-refractivity contribution >= 4 is 16.9 Å². The summed E-state index contributed by atoms with van der Waals surface area (Å²) in [4.78, 5) is 23.5. The summed E-state index contributed by atoms with van der Waals surface area (Å²) < 4.78 is 1.23. The molecule has 2 aromatic heterocycles. The molecule has 0 aliphatic rings. The van der Waals surface area contributed by atoms with Crippen LogP contribution in [0, 0.1) is 0 Å². The first-order chi connectivity index (χ1) is 8.83. The van der Waals surface area contributed by atoms with Gasteiger partial charge < -0.3 is 0 Å². The van der Waals surface area contributed by atoms with Gasteiger partial charge in [0.05, 0.1) is 5.52 Å². The Labute approximate surface area is 102 Å². The van der Waals surface area contributed by atoms with Crippen molar-refractivity contribution in [2.45, 2.75) is 0 Å². The average Bonchev–Trinajstić information content (AvgIpc) is 2.41. The van der Waals surface area contributed by atoms with Gasteiger partial charge in [-0.15, -0.1) is 0 Å². The van der Waals surface area contributed by atoms with Crippen LogP contribution >= 0.6 is 0 Å². The quantitative estimate of drug-likeness (QED) is 0.724. The van der Waals surface area contributed by atoms with Gasteiger partial charge in [0.15, 0.2) is 0 Å². The highest BCUT2D eigenvalue weighted by molar-refractivity contribution is 5.78. The zero-order valence-electron chi connectivity index (χ0n) is 9.32. The first-order valence-corrected chi connectivity index (χ1v) is 5.35. The fourth-order valence-corrected chi connectivity index (χ4v) is 1.58. The molecule has 88 valence electrons. The molecule has 0 fully saturated rings. The van der Waals surface area contributed by atoms with E-state index in [1.54, 1.807) is 18.5 Å². The molecule has 18 heavy (non-hydrogen) atoms. The van der Waals surface area contributed by atoms with Crippen LogP contribution in [0.4, 0.5) is 5.95 Å². The van der Waals surface area contributed by atoms with Gasteiger partial charge in [-0.05, 0) is 12.1 Å². The largest absolute Gasteiger partial charge is 0.366 e. The zero-order chi connectivity index (χ0) is 12.4. The van der Waals surface area contributed by atoms with Gasteiger partial charge in [0.1, 0.15) is 0 Å². The minimum Gasteiger partial charge on any atom is -0.257 e. The molecule has 1 aromatic carbocycles. The van der Waals surface area contributed by atoms with E-state index in [1.807, 2.05) is 24.3 Å². The maximum absolute atomic E-state index is 11.4. The molecule has 0 aliphatic heterocycles. The number of nitrogens with zero attached hydrogens (tertiary/aromatic N) is 4. The topological polar surface area (TPSA) is 72.7 Å². The Balaban J connectivity index is 2.01. The second-order valence-corrected chi connectivity index (χ2v) is 3.64. The monoisotopic (exact) mass is 239 g/mol. The van der Waals surface area contributed by atoms with Gasteiger partial charge in [0, 0.05) is 24.0 Å². The van der Waals surface area contributed by atoms with E-state index in [0.717, 1.165) is 10.9 Å². The van der Waals surface area contributed by atoms with Gasteiger partial charge in [0.25, 0.3) is 0 Å². The van der Waals surface area contributed by atoms with Gasteiger partial charge >= 0.3 is 5.69 Å². The van der Waals surface area contributed by atoms with Crippen molar-refractivity contribution in [3.63, 3.8) is 0 Å². The number of aromatic nitrogens is 4. The van der Waals surface area contributed by atoms with Crippen molar-refractivity contribution in [1.82, 2.24) is 19.6 Å². The van der Waals surface area contributed by atoms with Crippen LogP contribution < -0.4 is 11.1 Å². The Morgan fingerprint density at radius 2 is 2.00 bits per heavy atom. The normalized spacial score (nSPS) is 10.4. The van der Waals surface area contributed by atoms with Gasteiger partial charge in [-0.3, -0.25) is 5.43 Å². The molecule has 0 atom stereocenters. The number of anilines is 1. The number of nitrogens with one attached hydrogen (secondary N) is 1. The molecule has 3 rings (SSSR count). The first-order valence-electron chi connectivity index (χ1n) is 5.35. The maximum atomic E-state index is 11.4. The van der Waals surface area contributed by atoms with Gasteiger partial charge in [-0.2, -0.15) is 0 Å². The van der Waals surface area contributed by atoms with Crippen LogP contribution in [0.3, 0.4) is 0 Å². The minimum absolute atomic E-state index is 0.351. The highest BCUT2D eigenvalue weighted by atomic mass is 16.1. The molecule has 3 aromatic rings. The van der Waals surface area contributed by atoms with Crippen LogP contribution in [0.2, 0.25) is 0 Å². The van der Waals surface area contributed by atoms with Gasteiger partial charge in [-0.25, -0.2) is 24.4 Å². The number of benzene rings is 1. The van der Waals surface area contributed by atoms with E-state index >= 15 is 0 Å². The van der Waals surface area contributed by atoms with Gasteiger partial charge in [0.2, 0.25) is 5.95 Å². The molecule has 0 bridgehead atoms. The highest BCUT2D eigenvalue weighted by Crippen LogP contribution is 2.11. The first kappa shape index (κ1) is 10.4. The standard InChI is InChI=1S/C12H9N5O/c18-12-13-6-3-7-17(12)16-11-14-8-9-4-1-2-5-10(9)15-11/h1-8H,(H,14,15,16). The van der Waals surface area contributed by atoms with Crippen LogP contribution in [0.15, 0.2) is 53.7 Å². The van der Waals surface area contributed by atoms with Crippen molar-refractivity contribution in [2.24, 2.45) is 0 Å². The Morgan fingerprint density at radius 3 is 2.89 bits per heavy atom. The molecule has 0 saturated carbocycles. The summed E-state index contributed by atoms with van der Waals surface area (Å²) in [6, 6.07) is 9.28. The summed E-state index contributed by atoms with van der Waals surface area (Å²) >= 11 is 0. The van der Waals surface area contributed by atoms with Crippen LogP contribution in [0.1, 0.15) is 0 Å². The third-order valence-electron chi connectivity index (χ3n) is 2.42. The lowest BCUT2D eigenvalue weighted by atomic mass is 10.2. The smallest absolute Gasteiger partial charge is 0.257 e. The lowest BCUT2D eigenvalue weighted by molar-refractivity contribution is 0.826. The molecule has 6 nitrogen and oxygen atoms in total. The molecule has 2 heterocycles. The Morgan fingerprint density at radius 1 is 1.11 bits per heavy atom. The van der Waals surface area contributed by atoms with Crippen LogP contribution in [-0.4, -0.2) is 19.6 Å². The molecular weight excluding hydrogens is 230 g/mol. The lowest BCUT2D eigenvalue weighted by Crippen LogP contribution is -2.28. The van der Waals surface area contributed by atoms with Crippen molar-refractivity contribution in [1.29, 1.82) is 0 Å². The number of para-hydroxylation sites is 1. The number of hydrogen-bond acceptors (Lipinski definition) is 5. The van der Waals surface area contributed by atoms with E-state index in [0.29, 0.717) is 5.95 Å². The highest BCUT2D eigenvalue weighted by Gasteiger charge is 2.00. The third kappa shape index (κ3) is 1.91. The molecule has 0 saturated heterocycles. The molecule has 0 aliphatic carbocycles. The summed E-state index contributed by atoms with van der Waals surface area (Å²) in [6.45, 7) is 0. The van der Waals surface area contributed by atoms with Crippen molar-refractivity contribution in [3.05, 3.63) is 59.4 Å². The van der Waals surface area contributed by atoms with E-state index < -0.39 is 5.69 Å². The second kappa shape index (κ2) is 4.25. The fraction of sp³-hybridized carbons (Fsp3) is 0.